The monoisotopic (exact) mass is 288 g/mol. The molecular formula is C17H24N2O2. The first-order valence-electron chi connectivity index (χ1n) is 7.72. The van der Waals surface area contributed by atoms with E-state index in [1.54, 1.807) is 0 Å². The molecule has 4 heteroatoms. The maximum atomic E-state index is 12.7. The number of carbonyl (C=O) groups is 2. The van der Waals surface area contributed by atoms with Crippen LogP contribution in [-0.4, -0.2) is 22.4 Å². The molecule has 2 rings (SSSR count). The van der Waals surface area contributed by atoms with Gasteiger partial charge in [-0.15, -0.1) is 0 Å². The Balaban J connectivity index is 2.21. The lowest BCUT2D eigenvalue weighted by molar-refractivity contribution is -0.132. The minimum absolute atomic E-state index is 0.0716. The summed E-state index contributed by atoms with van der Waals surface area (Å²) in [6, 6.07) is 7.67. The van der Waals surface area contributed by atoms with E-state index in [9.17, 15) is 9.59 Å². The van der Waals surface area contributed by atoms with E-state index in [1.807, 2.05) is 45.0 Å². The van der Waals surface area contributed by atoms with Gasteiger partial charge in [0.05, 0.1) is 6.54 Å². The van der Waals surface area contributed by atoms with Gasteiger partial charge in [-0.05, 0) is 25.3 Å². The van der Waals surface area contributed by atoms with Gasteiger partial charge in [0.15, 0.2) is 0 Å². The molecule has 0 aliphatic carbocycles. The summed E-state index contributed by atoms with van der Waals surface area (Å²) in [5, 5.41) is 2.94. The van der Waals surface area contributed by atoms with Crippen LogP contribution < -0.4 is 5.32 Å². The lowest BCUT2D eigenvalue weighted by Gasteiger charge is -2.25. The molecule has 0 aromatic heterocycles. The number of hydrogen-bond acceptors (Lipinski definition) is 2. The van der Waals surface area contributed by atoms with E-state index in [2.05, 4.69) is 5.32 Å². The zero-order valence-electron chi connectivity index (χ0n) is 13.1. The minimum atomic E-state index is -0.690. The molecule has 0 bridgehead atoms. The molecule has 0 unspecified atom stereocenters. The van der Waals surface area contributed by atoms with Crippen molar-refractivity contribution in [2.45, 2.75) is 58.5 Å². The maximum Gasteiger partial charge on any atom is 0.325 e. The molecule has 114 valence electrons. The lowest BCUT2D eigenvalue weighted by Crippen LogP contribution is -2.46. The summed E-state index contributed by atoms with van der Waals surface area (Å²) in [6.07, 6.45) is 3.17. The van der Waals surface area contributed by atoms with Gasteiger partial charge in [-0.2, -0.15) is 0 Å². The first-order valence-corrected chi connectivity index (χ1v) is 7.72. The molecule has 3 amide bonds. The first-order chi connectivity index (χ1) is 10.0. The Morgan fingerprint density at radius 3 is 2.38 bits per heavy atom. The van der Waals surface area contributed by atoms with Gasteiger partial charge in [0.1, 0.15) is 5.54 Å². The Bertz CT molecular complexity index is 533. The fourth-order valence-corrected chi connectivity index (χ4v) is 3.13. The van der Waals surface area contributed by atoms with Crippen LogP contribution in [0.4, 0.5) is 4.79 Å². The second-order valence-corrected chi connectivity index (χ2v) is 5.89. The Labute approximate surface area is 126 Å². The van der Waals surface area contributed by atoms with E-state index in [4.69, 9.17) is 0 Å². The van der Waals surface area contributed by atoms with E-state index in [-0.39, 0.29) is 11.9 Å². The normalized spacial score (nSPS) is 17.2. The number of hydrogen-bond donors (Lipinski definition) is 1. The summed E-state index contributed by atoms with van der Waals surface area (Å²) in [4.78, 5) is 26.3. The molecule has 4 nitrogen and oxygen atoms in total. The molecule has 21 heavy (non-hydrogen) atoms. The second-order valence-electron chi connectivity index (χ2n) is 5.89. The number of imide groups is 1. The van der Waals surface area contributed by atoms with Crippen LogP contribution in [0, 0.1) is 6.92 Å². The largest absolute Gasteiger partial charge is 0.325 e. The van der Waals surface area contributed by atoms with Crippen molar-refractivity contribution < 1.29 is 9.59 Å². The van der Waals surface area contributed by atoms with Crippen LogP contribution in [0.3, 0.4) is 0 Å². The van der Waals surface area contributed by atoms with E-state index >= 15 is 0 Å². The van der Waals surface area contributed by atoms with Crippen molar-refractivity contribution in [2.75, 3.05) is 0 Å². The number of rotatable bonds is 6. The molecule has 1 aliphatic heterocycles. The Morgan fingerprint density at radius 1 is 1.14 bits per heavy atom. The maximum absolute atomic E-state index is 12.7. The van der Waals surface area contributed by atoms with Gasteiger partial charge < -0.3 is 5.32 Å². The van der Waals surface area contributed by atoms with E-state index in [0.29, 0.717) is 19.4 Å². The van der Waals surface area contributed by atoms with Gasteiger partial charge >= 0.3 is 6.03 Å². The predicted molar refractivity (Wildman–Crippen MR) is 82.8 cm³/mol. The minimum Gasteiger partial charge on any atom is -0.323 e. The highest BCUT2D eigenvalue weighted by Crippen LogP contribution is 2.29. The summed E-state index contributed by atoms with van der Waals surface area (Å²) in [5.41, 5.74) is 1.43. The fraction of sp³-hybridized carbons (Fsp3) is 0.529. The molecule has 1 aromatic rings. The fourth-order valence-electron chi connectivity index (χ4n) is 3.13. The van der Waals surface area contributed by atoms with Crippen LogP contribution in [0.15, 0.2) is 24.3 Å². The van der Waals surface area contributed by atoms with Crippen molar-refractivity contribution in [1.82, 2.24) is 10.2 Å². The van der Waals surface area contributed by atoms with Crippen LogP contribution in [0.2, 0.25) is 0 Å². The molecule has 0 atom stereocenters. The molecule has 1 N–H and O–H groups in total. The number of aryl methyl sites for hydroxylation is 1. The highest BCUT2D eigenvalue weighted by atomic mass is 16.2. The third kappa shape index (κ3) is 3.09. The molecule has 1 aliphatic rings. The summed E-state index contributed by atoms with van der Waals surface area (Å²) >= 11 is 0. The molecule has 1 fully saturated rings. The average molecular weight is 288 g/mol. The Hall–Kier alpha value is -1.84. The van der Waals surface area contributed by atoms with E-state index in [0.717, 1.165) is 24.0 Å². The smallest absolute Gasteiger partial charge is 0.323 e. The van der Waals surface area contributed by atoms with Crippen molar-refractivity contribution in [2.24, 2.45) is 0 Å². The zero-order chi connectivity index (χ0) is 15.5. The van der Waals surface area contributed by atoms with Crippen LogP contribution in [0.5, 0.6) is 0 Å². The SMILES string of the molecule is CCCC1(CCC)NC(=O)N(Cc2cccc(C)c2)C1=O. The number of urea groups is 1. The first kappa shape index (κ1) is 15.5. The number of nitrogens with zero attached hydrogens (tertiary/aromatic N) is 1. The highest BCUT2D eigenvalue weighted by Gasteiger charge is 2.49. The lowest BCUT2D eigenvalue weighted by atomic mass is 9.88. The number of carbonyl (C=O) groups excluding carboxylic acids is 2. The third-order valence-electron chi connectivity index (χ3n) is 4.02. The zero-order valence-corrected chi connectivity index (χ0v) is 13.1. The highest BCUT2D eigenvalue weighted by molar-refractivity contribution is 6.06. The standard InChI is InChI=1S/C17H24N2O2/c1-4-9-17(10-5-2)15(20)19(16(21)18-17)12-14-8-6-7-13(3)11-14/h6-8,11H,4-5,9-10,12H2,1-3H3,(H,18,21). The Morgan fingerprint density at radius 2 is 1.81 bits per heavy atom. The van der Waals surface area contributed by atoms with Crippen molar-refractivity contribution in [3.63, 3.8) is 0 Å². The summed E-state index contributed by atoms with van der Waals surface area (Å²) in [6.45, 7) is 6.44. The van der Waals surface area contributed by atoms with Crippen LogP contribution in [0.25, 0.3) is 0 Å². The van der Waals surface area contributed by atoms with Gasteiger partial charge in [-0.1, -0.05) is 56.5 Å². The van der Waals surface area contributed by atoms with Crippen molar-refractivity contribution >= 4 is 11.9 Å². The van der Waals surface area contributed by atoms with Crippen molar-refractivity contribution in [1.29, 1.82) is 0 Å². The molecule has 1 heterocycles. The summed E-state index contributed by atoms with van der Waals surface area (Å²) in [7, 11) is 0. The van der Waals surface area contributed by atoms with E-state index < -0.39 is 5.54 Å². The topological polar surface area (TPSA) is 49.4 Å². The molecule has 1 saturated heterocycles. The van der Waals surface area contributed by atoms with Crippen LogP contribution in [0.1, 0.15) is 50.7 Å². The molecule has 0 radical (unpaired) electrons. The van der Waals surface area contributed by atoms with Crippen molar-refractivity contribution in [3.8, 4) is 0 Å². The third-order valence-corrected chi connectivity index (χ3v) is 4.02. The molecule has 0 spiro atoms. The number of benzene rings is 1. The quantitative estimate of drug-likeness (QED) is 0.816. The van der Waals surface area contributed by atoms with Crippen molar-refractivity contribution in [3.05, 3.63) is 35.4 Å². The average Bonchev–Trinajstić information content (AvgIpc) is 2.65. The predicted octanol–water partition coefficient (Wildman–Crippen LogP) is 3.39. The van der Waals surface area contributed by atoms with Crippen LogP contribution >= 0.6 is 0 Å². The van der Waals surface area contributed by atoms with Crippen LogP contribution in [-0.2, 0) is 11.3 Å². The molecule has 1 aromatic carbocycles. The van der Waals surface area contributed by atoms with Gasteiger partial charge in [0.25, 0.3) is 5.91 Å². The van der Waals surface area contributed by atoms with Gasteiger partial charge in [0, 0.05) is 0 Å². The number of nitrogens with one attached hydrogen (secondary N) is 1. The Kier molecular flexibility index (Phi) is 4.66. The molecule has 0 saturated carbocycles. The van der Waals surface area contributed by atoms with Gasteiger partial charge in [-0.25, -0.2) is 4.79 Å². The summed E-state index contributed by atoms with van der Waals surface area (Å²) < 4.78 is 0. The summed E-state index contributed by atoms with van der Waals surface area (Å²) in [5.74, 6) is -0.0716. The second kappa shape index (κ2) is 6.29. The molecular weight excluding hydrogens is 264 g/mol. The number of amides is 3. The van der Waals surface area contributed by atoms with E-state index in [1.165, 1.54) is 4.90 Å². The van der Waals surface area contributed by atoms with Gasteiger partial charge in [-0.3, -0.25) is 9.69 Å². The van der Waals surface area contributed by atoms with Gasteiger partial charge in [0.2, 0.25) is 0 Å².